The van der Waals surface area contributed by atoms with Crippen LogP contribution in [0.25, 0.3) is 70.1 Å². The number of rotatable bonds is 5. The van der Waals surface area contributed by atoms with Gasteiger partial charge in [0.25, 0.3) is 0 Å². The van der Waals surface area contributed by atoms with Crippen molar-refractivity contribution < 1.29 is 0 Å². The molecule has 0 fully saturated rings. The molecule has 0 spiro atoms. The molecule has 0 bridgehead atoms. The van der Waals surface area contributed by atoms with Gasteiger partial charge < -0.3 is 0 Å². The van der Waals surface area contributed by atoms with E-state index in [0.29, 0.717) is 0 Å². The first-order chi connectivity index (χ1) is 28.6. The van der Waals surface area contributed by atoms with Crippen LogP contribution in [0.3, 0.4) is 0 Å². The maximum atomic E-state index is 5.65. The van der Waals surface area contributed by atoms with E-state index in [1.54, 1.807) is 0 Å². The van der Waals surface area contributed by atoms with Gasteiger partial charge >= 0.3 is 299 Å². The molecule has 0 radical (unpaired) electrons. The molecule has 1 unspecified atom stereocenters. The van der Waals surface area contributed by atoms with E-state index in [2.05, 4.69) is 206 Å². The molecule has 7 aromatic carbocycles. The Kier molecular flexibility index (Phi) is 7.47. The Morgan fingerprint density at radius 1 is 0.586 bits per heavy atom. The molecule has 1 aliphatic carbocycles. The van der Waals surface area contributed by atoms with E-state index in [9.17, 15) is 0 Å². The SMILES string of the molecule is CC1(n2c3ccccc3c3ccc4c5ccccc5sc4c32)C=CC(c2nc(-c3ccccc3)[c]3c(n2)-c2cccc[c]2[Ge]3([c]2ccccc2)[c]2ccccc2)=CC1. The Hall–Kier alpha value is -6.34. The van der Waals surface area contributed by atoms with Crippen LogP contribution in [-0.2, 0) is 5.54 Å². The first kappa shape index (κ1) is 33.8. The molecule has 0 N–H and O–H groups in total. The molecule has 1 aliphatic heterocycles. The fraction of sp³-hybridized carbons (Fsp3) is 0.0566. The average molecular weight is 821 g/mol. The predicted molar refractivity (Wildman–Crippen MR) is 248 cm³/mol. The molecular weight excluding hydrogens is 783 g/mol. The summed E-state index contributed by atoms with van der Waals surface area (Å²) in [5.74, 6) is 0.777. The Balaban J connectivity index is 1.07. The molecule has 274 valence electrons. The molecule has 0 amide bonds. The van der Waals surface area contributed by atoms with Gasteiger partial charge in [0.05, 0.1) is 0 Å². The Morgan fingerprint density at radius 2 is 1.21 bits per heavy atom. The summed E-state index contributed by atoms with van der Waals surface area (Å²) in [5, 5.41) is 5.24. The summed E-state index contributed by atoms with van der Waals surface area (Å²) >= 11 is -1.71. The third kappa shape index (κ3) is 4.73. The van der Waals surface area contributed by atoms with Gasteiger partial charge in [-0.25, -0.2) is 0 Å². The zero-order valence-electron chi connectivity index (χ0n) is 31.9. The van der Waals surface area contributed by atoms with Crippen molar-refractivity contribution >= 4 is 89.7 Å². The van der Waals surface area contributed by atoms with E-state index in [4.69, 9.17) is 9.97 Å². The van der Waals surface area contributed by atoms with Gasteiger partial charge in [0.1, 0.15) is 0 Å². The topological polar surface area (TPSA) is 30.7 Å². The number of hydrogen-bond acceptors (Lipinski definition) is 3. The van der Waals surface area contributed by atoms with Crippen LogP contribution >= 0.6 is 11.3 Å². The summed E-state index contributed by atoms with van der Waals surface area (Å²) in [5.41, 5.74) is 7.79. The van der Waals surface area contributed by atoms with Crippen molar-refractivity contribution in [3.05, 3.63) is 200 Å². The molecule has 0 saturated heterocycles. The van der Waals surface area contributed by atoms with Gasteiger partial charge in [-0.05, 0) is 6.07 Å². The quantitative estimate of drug-likeness (QED) is 0.162. The van der Waals surface area contributed by atoms with E-state index < -0.39 is 13.3 Å². The van der Waals surface area contributed by atoms with E-state index in [1.807, 2.05) is 11.3 Å². The Bertz CT molecular complexity index is 3290. The van der Waals surface area contributed by atoms with Gasteiger partial charge in [-0.15, -0.1) is 0 Å². The van der Waals surface area contributed by atoms with Crippen molar-refractivity contribution in [2.24, 2.45) is 0 Å². The van der Waals surface area contributed by atoms with E-state index >= 15 is 0 Å². The molecule has 58 heavy (non-hydrogen) atoms. The number of allylic oxidation sites excluding steroid dienone is 4. The van der Waals surface area contributed by atoms with Crippen LogP contribution in [-0.4, -0.2) is 27.8 Å². The second-order valence-corrected chi connectivity index (χ2v) is 24.7. The van der Waals surface area contributed by atoms with E-state index in [0.717, 1.165) is 34.8 Å². The average Bonchev–Trinajstić information content (AvgIpc) is 3.94. The predicted octanol–water partition coefficient (Wildman–Crippen LogP) is 10.7. The first-order valence-corrected chi connectivity index (χ1v) is 25.1. The minimum atomic E-state index is -3.62. The summed E-state index contributed by atoms with van der Waals surface area (Å²) in [6.07, 6.45) is 7.88. The molecule has 3 nitrogen and oxygen atoms in total. The van der Waals surface area contributed by atoms with Crippen LogP contribution in [0.4, 0.5) is 0 Å². The van der Waals surface area contributed by atoms with Crippen LogP contribution in [0.5, 0.6) is 0 Å². The zero-order chi connectivity index (χ0) is 38.4. The molecule has 3 aromatic heterocycles. The normalized spacial score (nSPS) is 16.9. The fourth-order valence-corrected chi connectivity index (χ4v) is 22.3. The molecule has 12 rings (SSSR count). The number of thiophene rings is 1. The van der Waals surface area contributed by atoms with E-state index in [1.165, 1.54) is 65.1 Å². The van der Waals surface area contributed by atoms with Crippen LogP contribution in [0.1, 0.15) is 19.2 Å². The number of nitrogens with zero attached hydrogens (tertiary/aromatic N) is 3. The zero-order valence-corrected chi connectivity index (χ0v) is 34.8. The summed E-state index contributed by atoms with van der Waals surface area (Å²) in [7, 11) is 0. The van der Waals surface area contributed by atoms with Crippen molar-refractivity contribution in [3.8, 4) is 22.5 Å². The van der Waals surface area contributed by atoms with Crippen LogP contribution in [0.2, 0.25) is 0 Å². The third-order valence-electron chi connectivity index (χ3n) is 12.6. The van der Waals surface area contributed by atoms with Crippen LogP contribution in [0, 0.1) is 0 Å². The van der Waals surface area contributed by atoms with Crippen molar-refractivity contribution in [1.82, 2.24) is 14.5 Å². The third-order valence-corrected chi connectivity index (χ3v) is 24.0. The molecule has 5 heteroatoms. The maximum absolute atomic E-state index is 5.65. The van der Waals surface area contributed by atoms with Crippen LogP contribution < -0.4 is 17.6 Å². The minimum absolute atomic E-state index is 0.313. The second-order valence-electron chi connectivity index (χ2n) is 15.9. The molecule has 4 heterocycles. The Morgan fingerprint density at radius 3 is 1.95 bits per heavy atom. The van der Waals surface area contributed by atoms with Gasteiger partial charge in [0.15, 0.2) is 0 Å². The standard InChI is InChI=1S/C53H37GeN3S/c1-53(57-45-27-15-12-23-39(45)41-29-30-42-40-24-13-16-28-46(40)58-51(42)50(41)57)33-31-36(32-34-53)52-55-48(35-17-5-2-6-18-35)47-49(56-52)43-25-11-14-26-44(43)54(47,37-19-7-3-8-20-37)38-21-9-4-10-22-38/h2-33H,34H2,1H3. The van der Waals surface area contributed by atoms with Crippen molar-refractivity contribution in [2.45, 2.75) is 18.9 Å². The molecule has 0 saturated carbocycles. The van der Waals surface area contributed by atoms with E-state index in [-0.39, 0.29) is 5.54 Å². The van der Waals surface area contributed by atoms with Crippen molar-refractivity contribution in [2.75, 3.05) is 0 Å². The molecule has 2 aliphatic rings. The van der Waals surface area contributed by atoms with Gasteiger partial charge in [0.2, 0.25) is 0 Å². The molecular formula is C53H37GeN3S. The summed E-state index contributed by atoms with van der Waals surface area (Å²) in [6.45, 7) is 2.38. The Labute approximate surface area is 343 Å². The number of aromatic nitrogens is 3. The van der Waals surface area contributed by atoms with Crippen molar-refractivity contribution in [1.29, 1.82) is 0 Å². The van der Waals surface area contributed by atoms with Gasteiger partial charge in [-0.2, -0.15) is 0 Å². The van der Waals surface area contributed by atoms with Crippen molar-refractivity contribution in [3.63, 3.8) is 0 Å². The molecule has 1 atom stereocenters. The number of benzene rings is 7. The number of hydrogen-bond donors (Lipinski definition) is 0. The summed E-state index contributed by atoms with van der Waals surface area (Å²) in [4.78, 5) is 11.3. The van der Waals surface area contributed by atoms with Crippen LogP contribution in [0.15, 0.2) is 194 Å². The van der Waals surface area contributed by atoms with Gasteiger partial charge in [-0.1, -0.05) is 30.3 Å². The number of para-hydroxylation sites is 1. The number of fused-ring (bicyclic) bond motifs is 10. The fourth-order valence-electron chi connectivity index (χ4n) is 10.1. The van der Waals surface area contributed by atoms with Gasteiger partial charge in [-0.3, -0.25) is 0 Å². The monoisotopic (exact) mass is 821 g/mol. The first-order valence-electron chi connectivity index (χ1n) is 20.1. The summed E-state index contributed by atoms with van der Waals surface area (Å²) < 4.78 is 10.8. The summed E-state index contributed by atoms with van der Waals surface area (Å²) in [6, 6.07) is 64.6. The molecule has 10 aromatic rings. The van der Waals surface area contributed by atoms with Gasteiger partial charge in [0, 0.05) is 10.1 Å². The second kappa shape index (κ2) is 12.8.